The summed E-state index contributed by atoms with van der Waals surface area (Å²) in [6.45, 7) is 1.63. The van der Waals surface area contributed by atoms with Gasteiger partial charge in [0.15, 0.2) is 0 Å². The molecule has 0 amide bonds. The second kappa shape index (κ2) is 5.36. The Morgan fingerprint density at radius 2 is 1.88 bits per heavy atom. The van der Waals surface area contributed by atoms with Crippen molar-refractivity contribution in [1.82, 2.24) is 15.0 Å². The van der Waals surface area contributed by atoms with Gasteiger partial charge in [-0.15, -0.1) is 0 Å². The SMILES string of the molecule is Cc1ccc(F)c(C2Nc3ccccc3-c3ncnc4[nH]cc2c34)c1F. The summed E-state index contributed by atoms with van der Waals surface area (Å²) in [5.41, 5.74) is 4.14. The first-order valence-electron chi connectivity index (χ1n) is 8.27. The lowest BCUT2D eigenvalue weighted by atomic mass is 9.96. The number of para-hydroxylation sites is 1. The molecule has 1 atom stereocenters. The summed E-state index contributed by atoms with van der Waals surface area (Å²) in [6, 6.07) is 9.67. The van der Waals surface area contributed by atoms with Gasteiger partial charge in [-0.3, -0.25) is 0 Å². The van der Waals surface area contributed by atoms with Crippen molar-refractivity contribution in [2.75, 3.05) is 5.32 Å². The predicted octanol–water partition coefficient (Wildman–Crippen LogP) is 4.73. The Morgan fingerprint density at radius 3 is 2.77 bits per heavy atom. The van der Waals surface area contributed by atoms with Crippen molar-refractivity contribution in [2.45, 2.75) is 13.0 Å². The zero-order valence-electron chi connectivity index (χ0n) is 13.8. The molecule has 3 heterocycles. The largest absolute Gasteiger partial charge is 0.373 e. The maximum absolute atomic E-state index is 14.9. The normalized spacial score (nSPS) is 15.4. The number of aromatic amines is 1. The number of aryl methyl sites for hydroxylation is 1. The molecule has 0 spiro atoms. The molecule has 128 valence electrons. The van der Waals surface area contributed by atoms with Crippen molar-refractivity contribution in [2.24, 2.45) is 0 Å². The molecule has 0 bridgehead atoms. The molecule has 2 N–H and O–H groups in total. The molecule has 6 heteroatoms. The zero-order valence-corrected chi connectivity index (χ0v) is 13.8. The van der Waals surface area contributed by atoms with Crippen molar-refractivity contribution in [1.29, 1.82) is 0 Å². The second-order valence-electron chi connectivity index (χ2n) is 6.40. The van der Waals surface area contributed by atoms with E-state index >= 15 is 0 Å². The highest BCUT2D eigenvalue weighted by atomic mass is 19.1. The van der Waals surface area contributed by atoms with E-state index in [1.54, 1.807) is 13.1 Å². The first-order chi connectivity index (χ1) is 12.6. The molecule has 0 fully saturated rings. The minimum atomic E-state index is -0.697. The molecule has 1 aliphatic heterocycles. The number of hydrogen-bond acceptors (Lipinski definition) is 3. The third-order valence-electron chi connectivity index (χ3n) is 4.90. The summed E-state index contributed by atoms with van der Waals surface area (Å²) < 4.78 is 29.6. The van der Waals surface area contributed by atoms with Crippen LogP contribution < -0.4 is 5.32 Å². The standard InChI is InChI=1S/C20H14F2N4/c1-10-6-7-13(21)16(17(10)22)19-12-8-23-20-15(12)18(24-9-25-20)11-4-2-3-5-14(11)26-19/h2-9,19,26H,1H3,(H,23,24,25). The lowest BCUT2D eigenvalue weighted by Gasteiger charge is -2.21. The number of H-pyrrole nitrogens is 1. The molecule has 2 aromatic carbocycles. The van der Waals surface area contributed by atoms with Crippen molar-refractivity contribution in [3.8, 4) is 11.3 Å². The number of nitrogens with zero attached hydrogens (tertiary/aromatic N) is 2. The molecular weight excluding hydrogens is 334 g/mol. The summed E-state index contributed by atoms with van der Waals surface area (Å²) in [4.78, 5) is 11.8. The molecule has 0 aliphatic carbocycles. The van der Waals surface area contributed by atoms with Gasteiger partial charge in [-0.2, -0.15) is 0 Å². The Labute approximate surface area is 147 Å². The van der Waals surface area contributed by atoms with E-state index in [0.717, 1.165) is 27.9 Å². The highest BCUT2D eigenvalue weighted by Crippen LogP contribution is 2.43. The maximum atomic E-state index is 14.9. The van der Waals surface area contributed by atoms with Gasteiger partial charge in [0.1, 0.15) is 23.6 Å². The molecule has 4 aromatic rings. The minimum Gasteiger partial charge on any atom is -0.373 e. The lowest BCUT2D eigenvalue weighted by Crippen LogP contribution is -2.15. The third kappa shape index (κ3) is 1.98. The van der Waals surface area contributed by atoms with Crippen LogP contribution in [0.3, 0.4) is 0 Å². The smallest absolute Gasteiger partial charge is 0.141 e. The van der Waals surface area contributed by atoms with Crippen LogP contribution in [0.15, 0.2) is 48.9 Å². The van der Waals surface area contributed by atoms with E-state index in [2.05, 4.69) is 20.3 Å². The Balaban J connectivity index is 1.88. The van der Waals surface area contributed by atoms with Crippen LogP contribution in [-0.4, -0.2) is 15.0 Å². The lowest BCUT2D eigenvalue weighted by molar-refractivity contribution is 0.544. The molecule has 26 heavy (non-hydrogen) atoms. The molecule has 0 saturated heterocycles. The number of rotatable bonds is 1. The van der Waals surface area contributed by atoms with Crippen molar-refractivity contribution < 1.29 is 8.78 Å². The molecule has 1 aliphatic rings. The Morgan fingerprint density at radius 1 is 1.04 bits per heavy atom. The summed E-state index contributed by atoms with van der Waals surface area (Å²) >= 11 is 0. The quantitative estimate of drug-likeness (QED) is 0.523. The van der Waals surface area contributed by atoms with E-state index in [-0.39, 0.29) is 5.56 Å². The number of aromatic nitrogens is 3. The maximum Gasteiger partial charge on any atom is 0.141 e. The summed E-state index contributed by atoms with van der Waals surface area (Å²) in [5, 5.41) is 4.08. The molecule has 2 aromatic heterocycles. The van der Waals surface area contributed by atoms with E-state index in [1.807, 2.05) is 24.3 Å². The highest BCUT2D eigenvalue weighted by Gasteiger charge is 2.30. The summed E-state index contributed by atoms with van der Waals surface area (Å²) in [7, 11) is 0. The molecular formula is C20H14F2N4. The number of fused-ring (bicyclic) bond motifs is 2. The van der Waals surface area contributed by atoms with Gasteiger partial charge in [0.05, 0.1) is 22.7 Å². The minimum absolute atomic E-state index is 0.00240. The first kappa shape index (κ1) is 15.0. The van der Waals surface area contributed by atoms with Gasteiger partial charge in [-0.25, -0.2) is 18.7 Å². The Kier molecular flexibility index (Phi) is 3.09. The summed E-state index contributed by atoms with van der Waals surface area (Å²) in [6.07, 6.45) is 3.23. The van der Waals surface area contributed by atoms with E-state index < -0.39 is 17.7 Å². The van der Waals surface area contributed by atoms with E-state index in [4.69, 9.17) is 0 Å². The van der Waals surface area contributed by atoms with Gasteiger partial charge < -0.3 is 10.3 Å². The molecule has 4 nitrogen and oxygen atoms in total. The number of hydrogen-bond donors (Lipinski definition) is 2. The predicted molar refractivity (Wildman–Crippen MR) is 95.9 cm³/mol. The molecule has 0 saturated carbocycles. The number of halogens is 2. The van der Waals surface area contributed by atoms with E-state index in [1.165, 1.54) is 18.5 Å². The Hall–Kier alpha value is -3.28. The Bertz CT molecular complexity index is 1170. The second-order valence-corrected chi connectivity index (χ2v) is 6.40. The van der Waals surface area contributed by atoms with Crippen molar-refractivity contribution in [3.05, 3.63) is 77.2 Å². The van der Waals surface area contributed by atoms with Gasteiger partial charge in [0.2, 0.25) is 0 Å². The highest BCUT2D eigenvalue weighted by molar-refractivity contribution is 5.99. The van der Waals surface area contributed by atoms with Crippen LogP contribution in [0, 0.1) is 18.6 Å². The topological polar surface area (TPSA) is 53.6 Å². The van der Waals surface area contributed by atoms with Gasteiger partial charge in [-0.05, 0) is 24.6 Å². The fourth-order valence-electron chi connectivity index (χ4n) is 3.64. The number of benzene rings is 2. The average Bonchev–Trinajstić information content (AvgIpc) is 3.02. The van der Waals surface area contributed by atoms with Gasteiger partial charge in [0, 0.05) is 23.0 Å². The van der Waals surface area contributed by atoms with Crippen LogP contribution in [0.4, 0.5) is 14.5 Å². The fourth-order valence-corrected chi connectivity index (χ4v) is 3.64. The first-order valence-corrected chi connectivity index (χ1v) is 8.27. The molecule has 5 rings (SSSR count). The zero-order chi connectivity index (χ0) is 17.8. The van der Waals surface area contributed by atoms with Crippen LogP contribution in [-0.2, 0) is 0 Å². The monoisotopic (exact) mass is 348 g/mol. The van der Waals surface area contributed by atoms with Gasteiger partial charge in [-0.1, -0.05) is 24.3 Å². The van der Waals surface area contributed by atoms with Crippen LogP contribution in [0.5, 0.6) is 0 Å². The van der Waals surface area contributed by atoms with Crippen LogP contribution in [0.2, 0.25) is 0 Å². The van der Waals surface area contributed by atoms with E-state index in [0.29, 0.717) is 11.2 Å². The van der Waals surface area contributed by atoms with Gasteiger partial charge >= 0.3 is 0 Å². The fraction of sp³-hybridized carbons (Fsp3) is 0.100. The average molecular weight is 348 g/mol. The number of anilines is 1. The summed E-state index contributed by atoms with van der Waals surface area (Å²) in [5.74, 6) is -1.13. The van der Waals surface area contributed by atoms with Crippen LogP contribution in [0.1, 0.15) is 22.7 Å². The van der Waals surface area contributed by atoms with Crippen LogP contribution in [0.25, 0.3) is 22.3 Å². The van der Waals surface area contributed by atoms with Crippen LogP contribution >= 0.6 is 0 Å². The number of nitrogens with one attached hydrogen (secondary N) is 2. The van der Waals surface area contributed by atoms with E-state index in [9.17, 15) is 8.78 Å². The van der Waals surface area contributed by atoms with Crippen molar-refractivity contribution >= 4 is 16.7 Å². The van der Waals surface area contributed by atoms with Crippen molar-refractivity contribution in [3.63, 3.8) is 0 Å². The van der Waals surface area contributed by atoms with Gasteiger partial charge in [0.25, 0.3) is 0 Å². The third-order valence-corrected chi connectivity index (χ3v) is 4.90. The molecule has 0 radical (unpaired) electrons. The molecule has 1 unspecified atom stereocenters.